The predicted molar refractivity (Wildman–Crippen MR) is 127 cm³/mol. The van der Waals surface area contributed by atoms with E-state index in [1.54, 1.807) is 0 Å². The van der Waals surface area contributed by atoms with Crippen LogP contribution in [0.1, 0.15) is 49.3 Å². The number of hydrogen-bond acceptors (Lipinski definition) is 1. The van der Waals surface area contributed by atoms with Gasteiger partial charge in [0.05, 0.1) is 0 Å². The Bertz CT molecular complexity index is 862. The molecule has 1 nitrogen and oxygen atoms in total. The maximum atomic E-state index is 3.49. The fourth-order valence-electron chi connectivity index (χ4n) is 3.12. The van der Waals surface area contributed by atoms with Gasteiger partial charge in [0.1, 0.15) is 0 Å². The van der Waals surface area contributed by atoms with Gasteiger partial charge in [-0.25, -0.2) is 0 Å². The number of rotatable bonds is 9. The van der Waals surface area contributed by atoms with E-state index in [0.29, 0.717) is 0 Å². The number of hydrogen-bond donors (Lipinski definition) is 1. The summed E-state index contributed by atoms with van der Waals surface area (Å²) >= 11 is 3.47. The van der Waals surface area contributed by atoms with Crippen molar-refractivity contribution in [1.82, 2.24) is 0 Å². The summed E-state index contributed by atoms with van der Waals surface area (Å²) in [6, 6.07) is 25.7. The van der Waals surface area contributed by atoms with Crippen molar-refractivity contribution >= 4 is 39.5 Å². The normalized spacial score (nSPS) is 11.1. The van der Waals surface area contributed by atoms with E-state index < -0.39 is 0 Å². The molecule has 0 aliphatic rings. The lowest BCUT2D eigenvalue weighted by atomic mass is 10.1. The Hall–Kier alpha value is -2.32. The van der Waals surface area contributed by atoms with Gasteiger partial charge in [0, 0.05) is 15.8 Å². The van der Waals surface area contributed by atoms with Gasteiger partial charge in [-0.1, -0.05) is 90.7 Å². The van der Waals surface area contributed by atoms with E-state index in [-0.39, 0.29) is 0 Å². The minimum absolute atomic E-state index is 1.10. The summed E-state index contributed by atoms with van der Waals surface area (Å²) in [5.41, 5.74) is 6.05. The van der Waals surface area contributed by atoms with Gasteiger partial charge in [-0.2, -0.15) is 0 Å². The van der Waals surface area contributed by atoms with E-state index in [4.69, 9.17) is 0 Å². The molecule has 3 rings (SSSR count). The van der Waals surface area contributed by atoms with Crippen LogP contribution in [0.25, 0.3) is 12.2 Å². The Kier molecular flexibility index (Phi) is 7.93. The van der Waals surface area contributed by atoms with Crippen molar-refractivity contribution < 1.29 is 0 Å². The van der Waals surface area contributed by atoms with Crippen molar-refractivity contribution in [2.45, 2.75) is 39.0 Å². The average molecular weight is 434 g/mol. The van der Waals surface area contributed by atoms with Gasteiger partial charge in [0.15, 0.2) is 0 Å². The summed E-state index contributed by atoms with van der Waals surface area (Å²) in [6.45, 7) is 2.26. The quantitative estimate of drug-likeness (QED) is 0.263. The number of benzene rings is 3. The molecule has 0 aliphatic heterocycles. The molecule has 1 N–H and O–H groups in total. The maximum Gasteiger partial charge on any atom is 0.0384 e. The molecule has 0 saturated carbocycles. The smallest absolute Gasteiger partial charge is 0.0384 e. The van der Waals surface area contributed by atoms with Gasteiger partial charge < -0.3 is 5.32 Å². The summed E-state index contributed by atoms with van der Waals surface area (Å²) in [5, 5.41) is 3.49. The third kappa shape index (κ3) is 6.69. The third-order valence-corrected chi connectivity index (χ3v) is 5.34. The number of halogens is 1. The molecule has 0 saturated heterocycles. The Morgan fingerprint density at radius 2 is 1.21 bits per heavy atom. The Balaban J connectivity index is 1.53. The van der Waals surface area contributed by atoms with Gasteiger partial charge >= 0.3 is 0 Å². The van der Waals surface area contributed by atoms with E-state index in [1.165, 1.54) is 48.8 Å². The zero-order valence-corrected chi connectivity index (χ0v) is 18.1. The average Bonchev–Trinajstić information content (AvgIpc) is 2.73. The van der Waals surface area contributed by atoms with E-state index in [9.17, 15) is 0 Å². The SMILES string of the molecule is CCCCCCc1ccc(Nc2ccc(C=Cc3ccc(Br)cc3)cc2)cc1. The summed E-state index contributed by atoms with van der Waals surface area (Å²) in [6.07, 6.45) is 10.7. The molecule has 0 bridgehead atoms. The standard InChI is InChI=1S/C26H28BrN/c1-2-3-4-5-6-21-11-17-25(18-12-21)28-26-19-13-23(14-20-26)8-7-22-9-15-24(27)16-10-22/h7-20,28H,2-6H2,1H3. The van der Waals surface area contributed by atoms with Crippen LogP contribution >= 0.6 is 15.9 Å². The first-order chi connectivity index (χ1) is 13.7. The van der Waals surface area contributed by atoms with Crippen molar-refractivity contribution in [2.24, 2.45) is 0 Å². The minimum Gasteiger partial charge on any atom is -0.356 e. The number of unbranched alkanes of at least 4 members (excludes halogenated alkanes) is 3. The summed E-state index contributed by atoms with van der Waals surface area (Å²) in [4.78, 5) is 0. The molecular weight excluding hydrogens is 406 g/mol. The van der Waals surface area contributed by atoms with Gasteiger partial charge in [0.2, 0.25) is 0 Å². The van der Waals surface area contributed by atoms with Crippen LogP contribution in [0.15, 0.2) is 77.3 Å². The molecule has 28 heavy (non-hydrogen) atoms. The summed E-state index contributed by atoms with van der Waals surface area (Å²) in [7, 11) is 0. The molecule has 3 aromatic carbocycles. The molecule has 0 heterocycles. The van der Waals surface area contributed by atoms with E-state index in [0.717, 1.165) is 15.8 Å². The molecule has 0 unspecified atom stereocenters. The predicted octanol–water partition coefficient (Wildman–Crippen LogP) is 8.49. The lowest BCUT2D eigenvalue weighted by Gasteiger charge is -2.08. The number of anilines is 2. The van der Waals surface area contributed by atoms with Crippen LogP contribution < -0.4 is 5.32 Å². The second-order valence-corrected chi connectivity index (χ2v) is 8.06. The van der Waals surface area contributed by atoms with Crippen LogP contribution in [-0.2, 0) is 6.42 Å². The molecule has 0 atom stereocenters. The van der Waals surface area contributed by atoms with Gasteiger partial charge in [-0.05, 0) is 65.9 Å². The molecule has 2 heteroatoms. The molecule has 0 spiro atoms. The second kappa shape index (κ2) is 10.9. The first-order valence-corrected chi connectivity index (χ1v) is 10.9. The lowest BCUT2D eigenvalue weighted by Crippen LogP contribution is -1.91. The highest BCUT2D eigenvalue weighted by atomic mass is 79.9. The molecule has 0 amide bonds. The van der Waals surface area contributed by atoms with Gasteiger partial charge in [0.25, 0.3) is 0 Å². The molecule has 0 aromatic heterocycles. The molecule has 144 valence electrons. The zero-order chi connectivity index (χ0) is 19.6. The van der Waals surface area contributed by atoms with Crippen LogP contribution in [0, 0.1) is 0 Å². The third-order valence-electron chi connectivity index (χ3n) is 4.81. The second-order valence-electron chi connectivity index (χ2n) is 7.14. The molecule has 3 aromatic rings. The Morgan fingerprint density at radius 1 is 0.679 bits per heavy atom. The first kappa shape index (κ1) is 20.4. The maximum absolute atomic E-state index is 3.49. The first-order valence-electron chi connectivity index (χ1n) is 10.1. The minimum atomic E-state index is 1.10. The highest BCUT2D eigenvalue weighted by Gasteiger charge is 1.98. The van der Waals surface area contributed by atoms with Crippen LogP contribution in [0.5, 0.6) is 0 Å². The summed E-state index contributed by atoms with van der Waals surface area (Å²) < 4.78 is 1.10. The van der Waals surface area contributed by atoms with Crippen molar-refractivity contribution in [3.8, 4) is 0 Å². The highest BCUT2D eigenvalue weighted by Crippen LogP contribution is 2.20. The fourth-order valence-corrected chi connectivity index (χ4v) is 3.39. The fraction of sp³-hybridized carbons (Fsp3) is 0.231. The molecule has 0 fully saturated rings. The van der Waals surface area contributed by atoms with Crippen LogP contribution in [0.3, 0.4) is 0 Å². The Morgan fingerprint density at radius 3 is 1.79 bits per heavy atom. The van der Waals surface area contributed by atoms with Crippen molar-refractivity contribution in [3.05, 3.63) is 94.0 Å². The van der Waals surface area contributed by atoms with Crippen molar-refractivity contribution in [3.63, 3.8) is 0 Å². The highest BCUT2D eigenvalue weighted by molar-refractivity contribution is 9.10. The monoisotopic (exact) mass is 433 g/mol. The van der Waals surface area contributed by atoms with Crippen LogP contribution in [-0.4, -0.2) is 0 Å². The van der Waals surface area contributed by atoms with E-state index >= 15 is 0 Å². The van der Waals surface area contributed by atoms with Crippen molar-refractivity contribution in [2.75, 3.05) is 5.32 Å². The zero-order valence-electron chi connectivity index (χ0n) is 16.5. The van der Waals surface area contributed by atoms with Gasteiger partial charge in [-0.15, -0.1) is 0 Å². The summed E-state index contributed by atoms with van der Waals surface area (Å²) in [5.74, 6) is 0. The number of aryl methyl sites for hydroxylation is 1. The van der Waals surface area contributed by atoms with Crippen LogP contribution in [0.2, 0.25) is 0 Å². The van der Waals surface area contributed by atoms with E-state index in [2.05, 4.69) is 113 Å². The van der Waals surface area contributed by atoms with Crippen LogP contribution in [0.4, 0.5) is 11.4 Å². The van der Waals surface area contributed by atoms with Gasteiger partial charge in [-0.3, -0.25) is 0 Å². The topological polar surface area (TPSA) is 12.0 Å². The molecular formula is C26H28BrN. The number of nitrogens with one attached hydrogen (secondary N) is 1. The molecule has 0 radical (unpaired) electrons. The van der Waals surface area contributed by atoms with Crippen molar-refractivity contribution in [1.29, 1.82) is 0 Å². The molecule has 0 aliphatic carbocycles. The lowest BCUT2D eigenvalue weighted by molar-refractivity contribution is 0.667. The van der Waals surface area contributed by atoms with E-state index in [1.807, 2.05) is 0 Å². The largest absolute Gasteiger partial charge is 0.356 e. The Labute approximate surface area is 177 Å².